The van der Waals surface area contributed by atoms with Crippen LogP contribution in [0.15, 0.2) is 28.8 Å². The van der Waals surface area contributed by atoms with Crippen molar-refractivity contribution in [3.05, 3.63) is 41.0 Å². The molecule has 0 bridgehead atoms. The first kappa shape index (κ1) is 12.7. The smallest absolute Gasteiger partial charge is 0.0270 e. The zero-order valence-electron chi connectivity index (χ0n) is 10.0. The Morgan fingerprint density at radius 2 is 2.06 bits per heavy atom. The van der Waals surface area contributed by atoms with Crippen LogP contribution in [0.25, 0.3) is 5.57 Å². The van der Waals surface area contributed by atoms with Crippen molar-refractivity contribution in [2.75, 3.05) is 7.05 Å². The summed E-state index contributed by atoms with van der Waals surface area (Å²) in [7, 11) is 1.92. The Hall–Kier alpha value is -0.721. The van der Waals surface area contributed by atoms with E-state index in [1.165, 1.54) is 48.1 Å². The largest absolute Gasteiger partial charge is 0.302 e. The second-order valence-corrected chi connectivity index (χ2v) is 4.57. The molecule has 3 rings (SSSR count). The zero-order valence-corrected chi connectivity index (χ0v) is 12.4. The summed E-state index contributed by atoms with van der Waals surface area (Å²) in [6.07, 6.45) is 6.07. The number of rotatable bonds is 0. The van der Waals surface area contributed by atoms with E-state index in [1.807, 2.05) is 13.1 Å². The van der Waals surface area contributed by atoms with Crippen molar-refractivity contribution < 1.29 is 20.1 Å². The van der Waals surface area contributed by atoms with Gasteiger partial charge in [-0.05, 0) is 25.7 Å². The van der Waals surface area contributed by atoms with Crippen LogP contribution in [0.5, 0.6) is 0 Å². The van der Waals surface area contributed by atoms with Crippen molar-refractivity contribution >= 4 is 11.3 Å². The summed E-state index contributed by atoms with van der Waals surface area (Å²) < 4.78 is 0. The predicted octanol–water partition coefficient (Wildman–Crippen LogP) is 3.44. The topological polar surface area (TPSA) is 12.4 Å². The number of hydrogen-bond acceptors (Lipinski definition) is 1. The minimum Gasteiger partial charge on any atom is -0.302 e. The van der Waals surface area contributed by atoms with Gasteiger partial charge in [0.1, 0.15) is 0 Å². The third kappa shape index (κ3) is 2.16. The number of hydrogen-bond donors (Lipinski definition) is 0. The molecule has 0 saturated heterocycles. The van der Waals surface area contributed by atoms with E-state index in [4.69, 9.17) is 0 Å². The molecule has 91 valence electrons. The molecule has 0 aromatic heterocycles. The summed E-state index contributed by atoms with van der Waals surface area (Å²) in [4.78, 5) is 4.47. The van der Waals surface area contributed by atoms with Crippen LogP contribution in [-0.4, -0.2) is 12.8 Å². The number of aliphatic imine (C=N–C) groups is 1. The molecule has 2 aliphatic carbocycles. The molecule has 1 aromatic carbocycles. The van der Waals surface area contributed by atoms with Gasteiger partial charge in [0.05, 0.1) is 0 Å². The van der Waals surface area contributed by atoms with E-state index in [2.05, 4.69) is 23.2 Å². The van der Waals surface area contributed by atoms with Crippen molar-refractivity contribution in [3.63, 3.8) is 0 Å². The van der Waals surface area contributed by atoms with Crippen molar-refractivity contribution in [1.29, 1.82) is 0 Å². The van der Waals surface area contributed by atoms with Crippen molar-refractivity contribution in [1.82, 2.24) is 0 Å². The Morgan fingerprint density at radius 1 is 1.18 bits per heavy atom. The molecule has 1 nitrogen and oxygen atoms in total. The van der Waals surface area contributed by atoms with Crippen LogP contribution >= 0.6 is 0 Å². The second-order valence-electron chi connectivity index (χ2n) is 4.57. The van der Waals surface area contributed by atoms with Gasteiger partial charge in [-0.2, -0.15) is 0 Å². The minimum atomic E-state index is 0. The summed E-state index contributed by atoms with van der Waals surface area (Å²) >= 11 is 0. The van der Waals surface area contributed by atoms with Gasteiger partial charge in [0.15, 0.2) is 0 Å². The van der Waals surface area contributed by atoms with Gasteiger partial charge in [-0.25, -0.2) is 0 Å². The van der Waals surface area contributed by atoms with Crippen LogP contribution in [0.2, 0.25) is 0 Å². The van der Waals surface area contributed by atoms with Crippen LogP contribution < -0.4 is 0 Å². The van der Waals surface area contributed by atoms with Gasteiger partial charge in [0.2, 0.25) is 0 Å². The molecular formula is C15H16IrN-. The Kier molecular flexibility index (Phi) is 3.96. The fourth-order valence-corrected chi connectivity index (χ4v) is 2.92. The van der Waals surface area contributed by atoms with E-state index in [-0.39, 0.29) is 20.1 Å². The predicted molar refractivity (Wildman–Crippen MR) is 67.7 cm³/mol. The quantitative estimate of drug-likeness (QED) is 0.590. The fourth-order valence-electron chi connectivity index (χ4n) is 2.92. The maximum absolute atomic E-state index is 4.47. The molecule has 17 heavy (non-hydrogen) atoms. The van der Waals surface area contributed by atoms with Crippen molar-refractivity contribution in [3.8, 4) is 0 Å². The maximum Gasteiger partial charge on any atom is 0.0270 e. The third-order valence-electron chi connectivity index (χ3n) is 3.69. The summed E-state index contributed by atoms with van der Waals surface area (Å²) in [6, 6.07) is 9.76. The third-order valence-corrected chi connectivity index (χ3v) is 3.69. The second kappa shape index (κ2) is 5.29. The summed E-state index contributed by atoms with van der Waals surface area (Å²) in [5.41, 5.74) is 7.11. The van der Waals surface area contributed by atoms with Gasteiger partial charge in [-0.15, -0.1) is 41.0 Å². The molecular weight excluding hydrogens is 386 g/mol. The summed E-state index contributed by atoms with van der Waals surface area (Å²) in [5, 5.41) is 0. The molecule has 2 heteroatoms. The van der Waals surface area contributed by atoms with Gasteiger partial charge in [0.25, 0.3) is 0 Å². The van der Waals surface area contributed by atoms with Crippen LogP contribution in [0.4, 0.5) is 0 Å². The van der Waals surface area contributed by atoms with Gasteiger partial charge in [0, 0.05) is 32.9 Å². The SMILES string of the molecule is CN=C1CCCC2=C1c1[c-]cccc1CC2.[Ir]. The monoisotopic (exact) mass is 403 g/mol. The molecule has 0 atom stereocenters. The molecule has 0 heterocycles. The summed E-state index contributed by atoms with van der Waals surface area (Å²) in [6.45, 7) is 0. The fraction of sp³-hybridized carbons (Fsp3) is 0.400. The average molecular weight is 403 g/mol. The molecule has 0 spiro atoms. The van der Waals surface area contributed by atoms with Crippen molar-refractivity contribution in [2.45, 2.75) is 32.1 Å². The summed E-state index contributed by atoms with van der Waals surface area (Å²) in [5.74, 6) is 0. The molecule has 1 radical (unpaired) electrons. The van der Waals surface area contributed by atoms with E-state index in [0.717, 1.165) is 6.42 Å². The van der Waals surface area contributed by atoms with Crippen LogP contribution in [0, 0.1) is 6.07 Å². The number of nitrogens with zero attached hydrogens (tertiary/aromatic N) is 1. The molecule has 0 fully saturated rings. The maximum atomic E-state index is 4.47. The van der Waals surface area contributed by atoms with E-state index in [0.29, 0.717) is 0 Å². The number of fused-ring (bicyclic) bond motifs is 2. The normalized spacial score (nSPS) is 20.6. The zero-order chi connectivity index (χ0) is 11.0. The first-order valence-electron chi connectivity index (χ1n) is 6.08. The standard InChI is InChI=1S/C15H16N.Ir/c1-16-14-8-4-6-12-10-9-11-5-2-3-7-13(11)15(12)14;/h2-3,5H,4,6,8-10H2,1H3;/q-1;. The molecule has 2 aliphatic rings. The van der Waals surface area contributed by atoms with Crippen LogP contribution in [0.3, 0.4) is 0 Å². The van der Waals surface area contributed by atoms with E-state index >= 15 is 0 Å². The van der Waals surface area contributed by atoms with E-state index in [9.17, 15) is 0 Å². The van der Waals surface area contributed by atoms with Gasteiger partial charge in [-0.3, -0.25) is 0 Å². The molecule has 0 saturated carbocycles. The van der Waals surface area contributed by atoms with E-state index < -0.39 is 0 Å². The van der Waals surface area contributed by atoms with Crippen LogP contribution in [-0.2, 0) is 26.5 Å². The first-order chi connectivity index (χ1) is 7.90. The number of allylic oxidation sites excluding steroid dienone is 2. The van der Waals surface area contributed by atoms with Gasteiger partial charge < -0.3 is 4.99 Å². The number of benzene rings is 1. The molecule has 0 amide bonds. The molecule has 0 aliphatic heterocycles. The first-order valence-corrected chi connectivity index (χ1v) is 6.08. The minimum absolute atomic E-state index is 0. The molecule has 1 aromatic rings. The van der Waals surface area contributed by atoms with Gasteiger partial charge >= 0.3 is 0 Å². The number of aryl methyl sites for hydroxylation is 1. The van der Waals surface area contributed by atoms with Crippen molar-refractivity contribution in [2.24, 2.45) is 4.99 Å². The average Bonchev–Trinajstić information content (AvgIpc) is 2.37. The van der Waals surface area contributed by atoms with Gasteiger partial charge in [-0.1, -0.05) is 12.0 Å². The Morgan fingerprint density at radius 3 is 2.88 bits per heavy atom. The molecule has 0 N–H and O–H groups in total. The Bertz CT molecular complexity index is 485. The van der Waals surface area contributed by atoms with E-state index in [1.54, 1.807) is 5.57 Å². The van der Waals surface area contributed by atoms with Crippen LogP contribution in [0.1, 0.15) is 36.8 Å². The Balaban J connectivity index is 0.00000108. The Labute approximate surface area is 116 Å². The molecule has 0 unspecified atom stereocenters.